The molecule has 1 rings (SSSR count). The standard InChI is InChI=1S/C17H35F2O9P3/c1-8-15(29(20,23-9-2)24-10-3)16(18,19)17(15,30(21,25-11-4)26-12-5)31(22,27-13-6)28-14-7/h8-14H2,1-7H3/t15-/m0/s1. The van der Waals surface area contributed by atoms with E-state index in [0.29, 0.717) is 0 Å². The molecule has 9 nitrogen and oxygen atoms in total. The topological polar surface area (TPSA) is 107 Å². The summed E-state index contributed by atoms with van der Waals surface area (Å²) in [6.07, 6.45) is -0.578. The molecular weight excluding hydrogens is 479 g/mol. The van der Waals surface area contributed by atoms with Crippen LogP contribution in [0.5, 0.6) is 0 Å². The molecule has 0 aliphatic heterocycles. The quantitative estimate of drug-likeness (QED) is 0.220. The Morgan fingerprint density at radius 2 is 0.806 bits per heavy atom. The molecule has 0 unspecified atom stereocenters. The first-order chi connectivity index (χ1) is 14.4. The first-order valence-corrected chi connectivity index (χ1v) is 15.1. The maximum atomic E-state index is 16.2. The van der Waals surface area contributed by atoms with Crippen molar-refractivity contribution in [1.29, 1.82) is 0 Å². The minimum atomic E-state index is -4.99. The molecule has 1 saturated carbocycles. The van der Waals surface area contributed by atoms with Gasteiger partial charge in [-0.2, -0.15) is 0 Å². The van der Waals surface area contributed by atoms with E-state index >= 15 is 8.78 Å². The lowest BCUT2D eigenvalue weighted by atomic mass is 10.3. The van der Waals surface area contributed by atoms with Crippen molar-refractivity contribution in [3.05, 3.63) is 0 Å². The zero-order chi connectivity index (χ0) is 24.2. The molecule has 0 bridgehead atoms. The highest BCUT2D eigenvalue weighted by molar-refractivity contribution is 7.78. The van der Waals surface area contributed by atoms with Gasteiger partial charge in [0.05, 0.1) is 39.6 Å². The molecule has 186 valence electrons. The second kappa shape index (κ2) is 10.7. The molecule has 0 heterocycles. The summed E-state index contributed by atoms with van der Waals surface area (Å²) in [7, 11) is -14.7. The molecule has 1 atom stereocenters. The molecule has 0 spiro atoms. The molecule has 0 aromatic heterocycles. The molecule has 1 aliphatic rings. The normalized spacial score (nSPS) is 23.1. The van der Waals surface area contributed by atoms with Gasteiger partial charge in [-0.1, -0.05) is 6.92 Å². The van der Waals surface area contributed by atoms with Gasteiger partial charge < -0.3 is 27.1 Å². The third-order valence-electron chi connectivity index (χ3n) is 5.04. The summed E-state index contributed by atoms with van der Waals surface area (Å²) in [4.78, 5) is -3.22. The summed E-state index contributed by atoms with van der Waals surface area (Å²) in [5, 5.41) is -2.82. The molecule has 0 aromatic rings. The van der Waals surface area contributed by atoms with Crippen molar-refractivity contribution < 1.29 is 49.6 Å². The van der Waals surface area contributed by atoms with E-state index < -0.39 is 45.2 Å². The van der Waals surface area contributed by atoms with Crippen LogP contribution in [0.15, 0.2) is 0 Å². The summed E-state index contributed by atoms with van der Waals surface area (Å²) in [6.45, 7) is 8.18. The van der Waals surface area contributed by atoms with E-state index in [9.17, 15) is 13.7 Å². The van der Waals surface area contributed by atoms with Crippen molar-refractivity contribution in [3.8, 4) is 0 Å². The average Bonchev–Trinajstić information content (AvgIpc) is 3.17. The van der Waals surface area contributed by atoms with E-state index in [1.807, 2.05) is 0 Å². The Hall–Kier alpha value is 0.310. The molecule has 0 saturated heterocycles. The molecule has 14 heteroatoms. The van der Waals surface area contributed by atoms with Crippen LogP contribution >= 0.6 is 22.8 Å². The largest absolute Gasteiger partial charge is 0.356 e. The van der Waals surface area contributed by atoms with Crippen molar-refractivity contribution in [1.82, 2.24) is 0 Å². The van der Waals surface area contributed by atoms with Crippen molar-refractivity contribution in [2.45, 2.75) is 70.9 Å². The fourth-order valence-electron chi connectivity index (χ4n) is 4.20. The lowest BCUT2D eigenvalue weighted by Crippen LogP contribution is -2.31. The van der Waals surface area contributed by atoms with Gasteiger partial charge in [0, 0.05) is 0 Å². The molecule has 0 aromatic carbocycles. The predicted molar refractivity (Wildman–Crippen MR) is 113 cm³/mol. The second-order valence-corrected chi connectivity index (χ2v) is 13.5. The molecule has 0 N–H and O–H groups in total. The zero-order valence-electron chi connectivity index (χ0n) is 19.2. The zero-order valence-corrected chi connectivity index (χ0v) is 21.9. The van der Waals surface area contributed by atoms with Crippen LogP contribution in [-0.2, 0) is 40.8 Å². The van der Waals surface area contributed by atoms with Crippen molar-refractivity contribution in [2.24, 2.45) is 0 Å². The summed E-state index contributed by atoms with van der Waals surface area (Å²) in [5.74, 6) is -4.16. The maximum absolute atomic E-state index is 16.2. The Morgan fingerprint density at radius 1 is 0.548 bits per heavy atom. The lowest BCUT2D eigenvalue weighted by Gasteiger charge is -2.35. The number of rotatable bonds is 16. The van der Waals surface area contributed by atoms with Gasteiger partial charge in [0.2, 0.25) is 0 Å². The molecule has 1 fully saturated rings. The van der Waals surface area contributed by atoms with Crippen LogP contribution in [-0.4, -0.2) is 55.6 Å². The lowest BCUT2D eigenvalue weighted by molar-refractivity contribution is 0.0796. The van der Waals surface area contributed by atoms with Crippen LogP contribution in [0.3, 0.4) is 0 Å². The van der Waals surface area contributed by atoms with Crippen molar-refractivity contribution in [2.75, 3.05) is 39.6 Å². The van der Waals surface area contributed by atoms with Gasteiger partial charge in [-0.3, -0.25) is 13.7 Å². The van der Waals surface area contributed by atoms with E-state index in [2.05, 4.69) is 0 Å². The molecule has 0 amide bonds. The molecule has 1 aliphatic carbocycles. The van der Waals surface area contributed by atoms with E-state index in [0.717, 1.165) is 0 Å². The van der Waals surface area contributed by atoms with Crippen LogP contribution in [0.4, 0.5) is 8.78 Å². The Morgan fingerprint density at radius 3 is 1.03 bits per heavy atom. The number of halogens is 2. The van der Waals surface area contributed by atoms with Gasteiger partial charge in [0.1, 0.15) is 0 Å². The van der Waals surface area contributed by atoms with Gasteiger partial charge in [0.25, 0.3) is 10.8 Å². The second-order valence-electron chi connectivity index (χ2n) is 6.46. The van der Waals surface area contributed by atoms with Crippen molar-refractivity contribution >= 4 is 22.8 Å². The molecular formula is C17H35F2O9P3. The number of alkyl halides is 2. The molecule has 31 heavy (non-hydrogen) atoms. The number of hydrogen-bond donors (Lipinski definition) is 0. The van der Waals surface area contributed by atoms with Crippen LogP contribution in [0, 0.1) is 0 Å². The van der Waals surface area contributed by atoms with Crippen LogP contribution in [0.2, 0.25) is 0 Å². The van der Waals surface area contributed by atoms with E-state index in [1.165, 1.54) is 48.5 Å². The summed E-state index contributed by atoms with van der Waals surface area (Å²) in [5.41, 5.74) is 0. The average molecular weight is 514 g/mol. The third-order valence-corrected chi connectivity index (χ3v) is 15.2. The minimum Gasteiger partial charge on any atom is -0.308 e. The molecule has 0 radical (unpaired) electrons. The Labute approximate surface area is 183 Å². The first-order valence-electron chi connectivity index (χ1n) is 10.5. The van der Waals surface area contributed by atoms with Crippen LogP contribution in [0.25, 0.3) is 0 Å². The Balaban J connectivity index is 4.17. The van der Waals surface area contributed by atoms with E-state index in [-0.39, 0.29) is 39.6 Å². The summed E-state index contributed by atoms with van der Waals surface area (Å²) < 4.78 is 106. The summed E-state index contributed by atoms with van der Waals surface area (Å²) in [6, 6.07) is 0. The van der Waals surface area contributed by atoms with E-state index in [1.54, 1.807) is 0 Å². The maximum Gasteiger partial charge on any atom is 0.356 e. The van der Waals surface area contributed by atoms with Crippen LogP contribution in [0.1, 0.15) is 54.9 Å². The first kappa shape index (κ1) is 29.3. The number of hydrogen-bond acceptors (Lipinski definition) is 9. The van der Waals surface area contributed by atoms with Gasteiger partial charge in [-0.25, -0.2) is 8.78 Å². The Bertz CT molecular complexity index is 688. The summed E-state index contributed by atoms with van der Waals surface area (Å²) >= 11 is 0. The Kier molecular flexibility index (Phi) is 10.1. The highest BCUT2D eigenvalue weighted by atomic mass is 31.2. The highest BCUT2D eigenvalue weighted by Crippen LogP contribution is 3.03. The van der Waals surface area contributed by atoms with Gasteiger partial charge in [-0.15, -0.1) is 0 Å². The van der Waals surface area contributed by atoms with Crippen molar-refractivity contribution in [3.63, 3.8) is 0 Å². The van der Waals surface area contributed by atoms with E-state index in [4.69, 9.17) is 27.1 Å². The van der Waals surface area contributed by atoms with Gasteiger partial charge >= 0.3 is 22.8 Å². The van der Waals surface area contributed by atoms with Gasteiger partial charge in [0.15, 0.2) is 5.16 Å². The fourth-order valence-corrected chi connectivity index (χ4v) is 15.0. The monoisotopic (exact) mass is 514 g/mol. The SMILES string of the molecule is CCOP(=O)(OCC)C1(P(=O)(OCC)OCC)C(F)(F)[C@]1(CC)P(=O)(OCC)OCC. The van der Waals surface area contributed by atoms with Crippen LogP contribution < -0.4 is 0 Å². The smallest absolute Gasteiger partial charge is 0.308 e. The highest BCUT2D eigenvalue weighted by Gasteiger charge is 3.10. The predicted octanol–water partition coefficient (Wildman–Crippen LogP) is 6.28. The third kappa shape index (κ3) is 3.86. The fraction of sp³-hybridized carbons (Fsp3) is 1.00. The minimum absolute atomic E-state index is 0.244. The van der Waals surface area contributed by atoms with Gasteiger partial charge in [-0.05, 0) is 48.0 Å².